The van der Waals surface area contributed by atoms with Crippen molar-refractivity contribution in [2.45, 2.75) is 13.5 Å². The minimum Gasteiger partial charge on any atom is -0.464 e. The Hall–Kier alpha value is -0.590. The number of halogens is 1. The van der Waals surface area contributed by atoms with E-state index < -0.39 is 0 Å². The maximum atomic E-state index is 11.1. The molecule has 0 saturated heterocycles. The summed E-state index contributed by atoms with van der Waals surface area (Å²) in [4.78, 5) is 11.1. The molecule has 0 spiro atoms. The molecule has 0 aliphatic carbocycles. The SMILES string of the molecule is CCn1cc(I)c(C(=O)OC)n1. The third-order valence-electron chi connectivity index (χ3n) is 1.42. The van der Waals surface area contributed by atoms with Gasteiger partial charge in [0.05, 0.1) is 10.7 Å². The highest BCUT2D eigenvalue weighted by Gasteiger charge is 2.14. The van der Waals surface area contributed by atoms with Crippen molar-refractivity contribution >= 4 is 28.6 Å². The highest BCUT2D eigenvalue weighted by molar-refractivity contribution is 14.1. The Balaban J connectivity index is 2.99. The topological polar surface area (TPSA) is 44.1 Å². The van der Waals surface area contributed by atoms with E-state index in [1.165, 1.54) is 7.11 Å². The largest absolute Gasteiger partial charge is 0.464 e. The lowest BCUT2D eigenvalue weighted by molar-refractivity contribution is 0.0592. The van der Waals surface area contributed by atoms with Gasteiger partial charge in [-0.25, -0.2) is 4.79 Å². The van der Waals surface area contributed by atoms with Crippen LogP contribution in [0.3, 0.4) is 0 Å². The van der Waals surface area contributed by atoms with Gasteiger partial charge in [0, 0.05) is 12.7 Å². The maximum Gasteiger partial charge on any atom is 0.359 e. The molecule has 0 radical (unpaired) electrons. The summed E-state index contributed by atoms with van der Waals surface area (Å²) in [6, 6.07) is 0. The molecule has 4 nitrogen and oxygen atoms in total. The van der Waals surface area contributed by atoms with Gasteiger partial charge in [-0.15, -0.1) is 0 Å². The summed E-state index contributed by atoms with van der Waals surface area (Å²) >= 11 is 2.06. The van der Waals surface area contributed by atoms with E-state index in [0.29, 0.717) is 5.69 Å². The molecule has 1 aromatic heterocycles. The maximum absolute atomic E-state index is 11.1. The van der Waals surface area contributed by atoms with Gasteiger partial charge >= 0.3 is 5.97 Å². The molecular formula is C7H9IN2O2. The average molecular weight is 280 g/mol. The number of hydrogen-bond donors (Lipinski definition) is 0. The van der Waals surface area contributed by atoms with E-state index in [4.69, 9.17) is 0 Å². The predicted molar refractivity (Wildman–Crippen MR) is 52.0 cm³/mol. The number of esters is 1. The summed E-state index contributed by atoms with van der Waals surface area (Å²) in [7, 11) is 1.35. The number of carbonyl (C=O) groups is 1. The highest BCUT2D eigenvalue weighted by Crippen LogP contribution is 2.10. The number of aromatic nitrogens is 2. The number of hydrogen-bond acceptors (Lipinski definition) is 3. The lowest BCUT2D eigenvalue weighted by Gasteiger charge is -1.93. The van der Waals surface area contributed by atoms with Crippen LogP contribution >= 0.6 is 22.6 Å². The molecular weight excluding hydrogens is 271 g/mol. The van der Waals surface area contributed by atoms with Gasteiger partial charge in [-0.1, -0.05) is 0 Å². The van der Waals surface area contributed by atoms with Crippen LogP contribution < -0.4 is 0 Å². The van der Waals surface area contributed by atoms with Gasteiger partial charge in [-0.05, 0) is 29.5 Å². The van der Waals surface area contributed by atoms with Crippen LogP contribution in [-0.2, 0) is 11.3 Å². The van der Waals surface area contributed by atoms with Crippen molar-refractivity contribution in [1.82, 2.24) is 9.78 Å². The first kappa shape index (κ1) is 9.50. The van der Waals surface area contributed by atoms with E-state index in [1.807, 2.05) is 13.1 Å². The summed E-state index contributed by atoms with van der Waals surface area (Å²) in [5, 5.41) is 4.03. The molecule has 1 aromatic rings. The lowest BCUT2D eigenvalue weighted by atomic mass is 10.4. The Bertz CT molecular complexity index is 296. The molecule has 0 N–H and O–H groups in total. The van der Waals surface area contributed by atoms with Crippen LogP contribution in [-0.4, -0.2) is 22.9 Å². The Labute approximate surface area is 84.0 Å². The van der Waals surface area contributed by atoms with Crippen LogP contribution in [0, 0.1) is 3.57 Å². The Morgan fingerprint density at radius 1 is 1.83 bits per heavy atom. The second kappa shape index (κ2) is 3.88. The number of methoxy groups -OCH3 is 1. The van der Waals surface area contributed by atoms with Crippen LogP contribution in [0.25, 0.3) is 0 Å². The first-order valence-corrected chi connectivity index (χ1v) is 4.58. The van der Waals surface area contributed by atoms with Crippen LogP contribution in [0.15, 0.2) is 6.20 Å². The summed E-state index contributed by atoms with van der Waals surface area (Å²) in [5.74, 6) is -0.383. The lowest BCUT2D eigenvalue weighted by Crippen LogP contribution is -2.05. The third-order valence-corrected chi connectivity index (χ3v) is 2.21. The normalized spacial score (nSPS) is 9.92. The fourth-order valence-corrected chi connectivity index (χ4v) is 1.44. The summed E-state index contributed by atoms with van der Waals surface area (Å²) in [6.45, 7) is 2.72. The first-order chi connectivity index (χ1) is 5.69. The van der Waals surface area contributed by atoms with Gasteiger partial charge in [-0.3, -0.25) is 4.68 Å². The van der Waals surface area contributed by atoms with Crippen molar-refractivity contribution in [1.29, 1.82) is 0 Å². The van der Waals surface area contributed by atoms with E-state index in [9.17, 15) is 4.79 Å². The Morgan fingerprint density at radius 3 is 2.92 bits per heavy atom. The third kappa shape index (κ3) is 1.77. The Morgan fingerprint density at radius 2 is 2.50 bits per heavy atom. The second-order valence-electron chi connectivity index (χ2n) is 2.17. The molecule has 5 heteroatoms. The Kier molecular flexibility index (Phi) is 3.07. The van der Waals surface area contributed by atoms with E-state index in [-0.39, 0.29) is 5.97 Å². The zero-order chi connectivity index (χ0) is 9.14. The molecule has 0 bridgehead atoms. The van der Waals surface area contributed by atoms with E-state index >= 15 is 0 Å². The van der Waals surface area contributed by atoms with Crippen molar-refractivity contribution in [3.8, 4) is 0 Å². The van der Waals surface area contributed by atoms with E-state index in [2.05, 4.69) is 32.4 Å². The smallest absolute Gasteiger partial charge is 0.359 e. The molecule has 12 heavy (non-hydrogen) atoms. The number of ether oxygens (including phenoxy) is 1. The molecule has 0 saturated carbocycles. The van der Waals surface area contributed by atoms with Crippen LogP contribution in [0.4, 0.5) is 0 Å². The second-order valence-corrected chi connectivity index (χ2v) is 3.34. The molecule has 1 heterocycles. The molecule has 0 aromatic carbocycles. The van der Waals surface area contributed by atoms with Crippen molar-refractivity contribution < 1.29 is 9.53 Å². The van der Waals surface area contributed by atoms with Crippen molar-refractivity contribution in [2.75, 3.05) is 7.11 Å². The fraction of sp³-hybridized carbons (Fsp3) is 0.429. The standard InChI is InChI=1S/C7H9IN2O2/c1-3-10-4-5(8)6(9-10)7(11)12-2/h4H,3H2,1-2H3. The number of aryl methyl sites for hydroxylation is 1. The minimum absolute atomic E-state index is 0.383. The van der Waals surface area contributed by atoms with Crippen molar-refractivity contribution in [2.24, 2.45) is 0 Å². The molecule has 0 aliphatic rings. The quantitative estimate of drug-likeness (QED) is 0.605. The average Bonchev–Trinajstić information content (AvgIpc) is 2.45. The van der Waals surface area contributed by atoms with E-state index in [1.54, 1.807) is 4.68 Å². The van der Waals surface area contributed by atoms with Crippen LogP contribution in [0.1, 0.15) is 17.4 Å². The molecule has 0 amide bonds. The number of nitrogens with zero attached hydrogens (tertiary/aromatic N) is 2. The molecule has 0 atom stereocenters. The predicted octanol–water partition coefficient (Wildman–Crippen LogP) is 1.29. The zero-order valence-corrected chi connectivity index (χ0v) is 9.03. The van der Waals surface area contributed by atoms with E-state index in [0.717, 1.165) is 10.1 Å². The molecule has 1 rings (SSSR count). The molecule has 0 aliphatic heterocycles. The zero-order valence-electron chi connectivity index (χ0n) is 6.87. The van der Waals surface area contributed by atoms with Gasteiger partial charge in [0.15, 0.2) is 5.69 Å². The van der Waals surface area contributed by atoms with Gasteiger partial charge in [0.25, 0.3) is 0 Å². The van der Waals surface area contributed by atoms with Gasteiger partial charge < -0.3 is 4.74 Å². The monoisotopic (exact) mass is 280 g/mol. The fourth-order valence-electron chi connectivity index (χ4n) is 0.794. The highest BCUT2D eigenvalue weighted by atomic mass is 127. The van der Waals surface area contributed by atoms with Crippen LogP contribution in [0.2, 0.25) is 0 Å². The first-order valence-electron chi connectivity index (χ1n) is 3.50. The minimum atomic E-state index is -0.383. The summed E-state index contributed by atoms with van der Waals surface area (Å²) < 4.78 is 7.08. The van der Waals surface area contributed by atoms with Gasteiger partial charge in [-0.2, -0.15) is 5.10 Å². The molecule has 66 valence electrons. The molecule has 0 unspecified atom stereocenters. The summed E-state index contributed by atoms with van der Waals surface area (Å²) in [5.41, 5.74) is 0.389. The number of carbonyl (C=O) groups excluding carboxylic acids is 1. The van der Waals surface area contributed by atoms with Gasteiger partial charge in [0.2, 0.25) is 0 Å². The van der Waals surface area contributed by atoms with Crippen molar-refractivity contribution in [3.63, 3.8) is 0 Å². The van der Waals surface area contributed by atoms with Crippen LogP contribution in [0.5, 0.6) is 0 Å². The molecule has 0 fully saturated rings. The van der Waals surface area contributed by atoms with Crippen molar-refractivity contribution in [3.05, 3.63) is 15.5 Å². The van der Waals surface area contributed by atoms with Gasteiger partial charge in [0.1, 0.15) is 0 Å². The number of rotatable bonds is 2. The summed E-state index contributed by atoms with van der Waals surface area (Å²) in [6.07, 6.45) is 1.81.